The lowest BCUT2D eigenvalue weighted by Crippen LogP contribution is -2.08. The van der Waals surface area contributed by atoms with Gasteiger partial charge in [0.1, 0.15) is 6.61 Å². The van der Waals surface area contributed by atoms with E-state index in [0.717, 1.165) is 11.1 Å². The average molecular weight is 332 g/mol. The molecule has 0 rings (SSSR count). The van der Waals surface area contributed by atoms with E-state index in [4.69, 9.17) is 14.2 Å². The van der Waals surface area contributed by atoms with E-state index in [9.17, 15) is 0 Å². The number of ether oxygens (including phenoxy) is 3. The molecule has 0 atom stereocenters. The van der Waals surface area contributed by atoms with Crippen molar-refractivity contribution >= 4 is 0 Å². The summed E-state index contributed by atoms with van der Waals surface area (Å²) in [7, 11) is 1.62. The van der Waals surface area contributed by atoms with Crippen LogP contribution in [0.5, 0.6) is 0 Å². The summed E-state index contributed by atoms with van der Waals surface area (Å²) in [6, 6.07) is 0. The Hall–Kier alpha value is -2.18. The molecule has 0 fully saturated rings. The third-order valence-corrected chi connectivity index (χ3v) is 2.61. The minimum atomic E-state index is 0.476. The van der Waals surface area contributed by atoms with Crippen LogP contribution in [-0.4, -0.2) is 26.9 Å². The molecule has 0 heterocycles. The van der Waals surface area contributed by atoms with Crippen LogP contribution < -0.4 is 0 Å². The largest absolute Gasteiger partial charge is 0.493 e. The molecule has 0 unspecified atom stereocenters. The Morgan fingerprint density at radius 2 is 1.75 bits per heavy atom. The summed E-state index contributed by atoms with van der Waals surface area (Å²) in [4.78, 5) is 0. The lowest BCUT2D eigenvalue weighted by Gasteiger charge is -2.13. The number of hydrogen-bond donors (Lipinski definition) is 0. The highest BCUT2D eigenvalue weighted by Gasteiger charge is 2.05. The van der Waals surface area contributed by atoms with Crippen LogP contribution in [0.15, 0.2) is 59.6 Å². The average Bonchev–Trinajstić information content (AvgIpc) is 2.55. The van der Waals surface area contributed by atoms with Crippen LogP contribution in [0.25, 0.3) is 0 Å². The SMILES string of the molecule is C#CC.C=C(C)/C=C(OC)\C(=C/C)OCCOCC(/C=C\C)=C/C. The lowest BCUT2D eigenvalue weighted by atomic mass is 10.2. The third-order valence-electron chi connectivity index (χ3n) is 2.61. The van der Waals surface area contributed by atoms with Crippen molar-refractivity contribution in [2.75, 3.05) is 26.9 Å². The second kappa shape index (κ2) is 17.2. The van der Waals surface area contributed by atoms with Crippen LogP contribution in [0.3, 0.4) is 0 Å². The van der Waals surface area contributed by atoms with Gasteiger partial charge in [-0.3, -0.25) is 0 Å². The van der Waals surface area contributed by atoms with E-state index in [1.165, 1.54) is 0 Å². The molecule has 134 valence electrons. The fourth-order valence-electron chi connectivity index (χ4n) is 1.59. The van der Waals surface area contributed by atoms with Gasteiger partial charge in [0.15, 0.2) is 11.5 Å². The zero-order chi connectivity index (χ0) is 18.8. The van der Waals surface area contributed by atoms with Crippen LogP contribution in [0, 0.1) is 12.3 Å². The molecule has 0 aromatic rings. The molecule has 0 radical (unpaired) electrons. The van der Waals surface area contributed by atoms with Gasteiger partial charge in [-0.1, -0.05) is 30.4 Å². The van der Waals surface area contributed by atoms with E-state index < -0.39 is 0 Å². The highest BCUT2D eigenvalue weighted by molar-refractivity contribution is 5.27. The van der Waals surface area contributed by atoms with Crippen LogP contribution in [0.4, 0.5) is 0 Å². The number of terminal acetylenes is 1. The molecule has 0 aliphatic heterocycles. The molecule has 0 saturated heterocycles. The van der Waals surface area contributed by atoms with E-state index in [0.29, 0.717) is 31.3 Å². The molecule has 0 aromatic carbocycles. The molecule has 0 aliphatic rings. The quantitative estimate of drug-likeness (QED) is 0.238. The van der Waals surface area contributed by atoms with Gasteiger partial charge in [-0.2, -0.15) is 0 Å². The van der Waals surface area contributed by atoms with Gasteiger partial charge in [0.2, 0.25) is 0 Å². The summed E-state index contributed by atoms with van der Waals surface area (Å²) in [5, 5.41) is 0. The summed E-state index contributed by atoms with van der Waals surface area (Å²) in [5.74, 6) is 3.62. The predicted molar refractivity (Wildman–Crippen MR) is 104 cm³/mol. The Balaban J connectivity index is 0. The standard InChI is InChI=1S/C18H28O3.C3H4/c1-7-10-16(8-2)14-20-11-12-21-17(9-3)18(19-6)13-15(4)5;1-3-2/h7-10,13H,4,11-12,14H2,1-3,5-6H3;1H,2H3/b10-7-,16-8+,17-9+,18-13+;. The van der Waals surface area contributed by atoms with Gasteiger partial charge in [0.05, 0.1) is 20.3 Å². The Kier molecular flexibility index (Phi) is 17.2. The molecule has 0 aliphatic carbocycles. The van der Waals surface area contributed by atoms with Gasteiger partial charge >= 0.3 is 0 Å². The predicted octanol–water partition coefficient (Wildman–Crippen LogP) is 5.19. The molecule has 0 spiro atoms. The molecular weight excluding hydrogens is 300 g/mol. The summed E-state index contributed by atoms with van der Waals surface area (Å²) >= 11 is 0. The van der Waals surface area contributed by atoms with Crippen molar-refractivity contribution in [3.05, 3.63) is 59.6 Å². The van der Waals surface area contributed by atoms with E-state index in [1.807, 2.05) is 58.1 Å². The fraction of sp³-hybridized carbons (Fsp3) is 0.429. The van der Waals surface area contributed by atoms with Crippen LogP contribution in [-0.2, 0) is 14.2 Å². The normalized spacial score (nSPS) is 12.3. The Labute approximate surface area is 148 Å². The Morgan fingerprint density at radius 1 is 1.12 bits per heavy atom. The lowest BCUT2D eigenvalue weighted by molar-refractivity contribution is 0.0831. The molecule has 3 nitrogen and oxygen atoms in total. The number of rotatable bonds is 10. The summed E-state index contributed by atoms with van der Waals surface area (Å²) in [6.07, 6.45) is 14.4. The summed E-state index contributed by atoms with van der Waals surface area (Å²) < 4.78 is 16.6. The third kappa shape index (κ3) is 13.5. The molecule has 0 aromatic heterocycles. The van der Waals surface area contributed by atoms with Gasteiger partial charge < -0.3 is 14.2 Å². The zero-order valence-electron chi connectivity index (χ0n) is 16.0. The summed E-state index contributed by atoms with van der Waals surface area (Å²) in [6.45, 7) is 14.9. The first-order valence-electron chi connectivity index (χ1n) is 7.94. The first kappa shape index (κ1) is 24.1. The first-order valence-corrected chi connectivity index (χ1v) is 7.94. The van der Waals surface area contributed by atoms with Crippen molar-refractivity contribution in [2.24, 2.45) is 0 Å². The molecule has 3 heteroatoms. The second-order valence-corrected chi connectivity index (χ2v) is 4.77. The summed E-state index contributed by atoms with van der Waals surface area (Å²) in [5.41, 5.74) is 2.07. The van der Waals surface area contributed by atoms with Gasteiger partial charge in [-0.25, -0.2) is 0 Å². The van der Waals surface area contributed by atoms with E-state index in [1.54, 1.807) is 14.0 Å². The molecule has 0 N–H and O–H groups in total. The van der Waals surface area contributed by atoms with Crippen molar-refractivity contribution in [3.8, 4) is 12.3 Å². The molecule has 24 heavy (non-hydrogen) atoms. The maximum absolute atomic E-state index is 5.68. The van der Waals surface area contributed by atoms with Gasteiger partial charge in [-0.15, -0.1) is 12.3 Å². The Morgan fingerprint density at radius 3 is 2.17 bits per heavy atom. The van der Waals surface area contributed by atoms with Crippen molar-refractivity contribution in [1.29, 1.82) is 0 Å². The van der Waals surface area contributed by atoms with Gasteiger partial charge in [-0.05, 0) is 52.3 Å². The minimum Gasteiger partial charge on any atom is -0.493 e. The second-order valence-electron chi connectivity index (χ2n) is 4.77. The number of hydrogen-bond acceptors (Lipinski definition) is 3. The first-order chi connectivity index (χ1) is 11.5. The maximum Gasteiger partial charge on any atom is 0.160 e. The topological polar surface area (TPSA) is 27.7 Å². The minimum absolute atomic E-state index is 0.476. The maximum atomic E-state index is 5.68. The smallest absolute Gasteiger partial charge is 0.160 e. The van der Waals surface area contributed by atoms with Crippen molar-refractivity contribution in [2.45, 2.75) is 34.6 Å². The Bertz CT molecular complexity index is 500. The highest BCUT2D eigenvalue weighted by Crippen LogP contribution is 2.14. The van der Waals surface area contributed by atoms with Gasteiger partial charge in [0, 0.05) is 0 Å². The van der Waals surface area contributed by atoms with Crippen LogP contribution >= 0.6 is 0 Å². The van der Waals surface area contributed by atoms with E-state index in [-0.39, 0.29) is 0 Å². The van der Waals surface area contributed by atoms with Crippen LogP contribution in [0.1, 0.15) is 34.6 Å². The van der Waals surface area contributed by atoms with Crippen molar-refractivity contribution in [3.63, 3.8) is 0 Å². The zero-order valence-corrected chi connectivity index (χ0v) is 16.0. The molecule has 0 saturated carbocycles. The molecule has 0 amide bonds. The fourth-order valence-corrected chi connectivity index (χ4v) is 1.59. The number of methoxy groups -OCH3 is 1. The number of allylic oxidation sites excluding steroid dienone is 5. The highest BCUT2D eigenvalue weighted by atomic mass is 16.5. The van der Waals surface area contributed by atoms with Crippen molar-refractivity contribution < 1.29 is 14.2 Å². The molecular formula is C21H32O3. The van der Waals surface area contributed by atoms with Gasteiger partial charge in [0.25, 0.3) is 0 Å². The van der Waals surface area contributed by atoms with Crippen molar-refractivity contribution in [1.82, 2.24) is 0 Å². The van der Waals surface area contributed by atoms with Crippen LogP contribution in [0.2, 0.25) is 0 Å². The monoisotopic (exact) mass is 332 g/mol. The van der Waals surface area contributed by atoms with E-state index >= 15 is 0 Å². The molecule has 0 bridgehead atoms. The van der Waals surface area contributed by atoms with E-state index in [2.05, 4.69) is 18.9 Å².